The van der Waals surface area contributed by atoms with Crippen molar-refractivity contribution in [3.05, 3.63) is 42.1 Å². The molecule has 1 aliphatic rings. The number of hydrogen-bond acceptors (Lipinski definition) is 3. The van der Waals surface area contributed by atoms with Gasteiger partial charge in [0.15, 0.2) is 0 Å². The molecule has 1 aromatic heterocycles. The minimum absolute atomic E-state index is 0.126. The first-order valence-corrected chi connectivity index (χ1v) is 9.12. The van der Waals surface area contributed by atoms with E-state index in [4.69, 9.17) is 4.74 Å². The zero-order chi connectivity index (χ0) is 17.8. The highest BCUT2D eigenvalue weighted by atomic mass is 16.5. The molecular formula is C20H27N3O2. The molecule has 2 aromatic rings. The third-order valence-electron chi connectivity index (χ3n) is 4.68. The summed E-state index contributed by atoms with van der Waals surface area (Å²) in [5, 5.41) is 7.34. The van der Waals surface area contributed by atoms with Gasteiger partial charge in [-0.3, -0.25) is 4.79 Å². The smallest absolute Gasteiger partial charge is 0.256 e. The number of benzene rings is 1. The summed E-state index contributed by atoms with van der Waals surface area (Å²) in [4.78, 5) is 12.5. The lowest BCUT2D eigenvalue weighted by Crippen LogP contribution is -2.18. The minimum Gasteiger partial charge on any atom is -0.494 e. The summed E-state index contributed by atoms with van der Waals surface area (Å²) in [7, 11) is 0. The van der Waals surface area contributed by atoms with Crippen molar-refractivity contribution in [1.29, 1.82) is 0 Å². The number of ether oxygens (including phenoxy) is 1. The molecule has 5 heteroatoms. The van der Waals surface area contributed by atoms with Crippen molar-refractivity contribution in [3.8, 4) is 5.75 Å². The van der Waals surface area contributed by atoms with E-state index in [-0.39, 0.29) is 5.91 Å². The number of carbonyl (C=O) groups excluding carboxylic acids is 1. The molecule has 25 heavy (non-hydrogen) atoms. The molecule has 1 N–H and O–H groups in total. The number of amides is 1. The van der Waals surface area contributed by atoms with E-state index in [1.165, 1.54) is 12.8 Å². The maximum Gasteiger partial charge on any atom is 0.256 e. The number of anilines is 1. The van der Waals surface area contributed by atoms with Gasteiger partial charge in [0.2, 0.25) is 0 Å². The number of rotatable bonds is 8. The Hall–Kier alpha value is -2.30. The van der Waals surface area contributed by atoms with Gasteiger partial charge in [-0.05, 0) is 62.3 Å². The molecule has 1 heterocycles. The molecular weight excluding hydrogens is 314 g/mol. The summed E-state index contributed by atoms with van der Waals surface area (Å²) in [5.41, 5.74) is 0.614. The van der Waals surface area contributed by atoms with E-state index in [0.29, 0.717) is 30.0 Å². The SMILES string of the molecule is CC(C)CCOc1ccc(C(=O)Nc2ccnn2C(C)C2CC2)cc1. The van der Waals surface area contributed by atoms with Crippen LogP contribution in [0.2, 0.25) is 0 Å². The second-order valence-electron chi connectivity index (χ2n) is 7.25. The molecule has 0 bridgehead atoms. The quantitative estimate of drug-likeness (QED) is 0.767. The molecule has 1 fully saturated rings. The highest BCUT2D eigenvalue weighted by molar-refractivity contribution is 6.03. The summed E-state index contributed by atoms with van der Waals surface area (Å²) >= 11 is 0. The van der Waals surface area contributed by atoms with Crippen molar-refractivity contribution in [1.82, 2.24) is 9.78 Å². The zero-order valence-electron chi connectivity index (χ0n) is 15.2. The molecule has 0 saturated heterocycles. The largest absolute Gasteiger partial charge is 0.494 e. The Bertz CT molecular complexity index is 702. The van der Waals surface area contributed by atoms with Gasteiger partial charge in [0.1, 0.15) is 11.6 Å². The fraction of sp³-hybridized carbons (Fsp3) is 0.500. The first kappa shape index (κ1) is 17.5. The van der Waals surface area contributed by atoms with E-state index < -0.39 is 0 Å². The van der Waals surface area contributed by atoms with Crippen molar-refractivity contribution in [3.63, 3.8) is 0 Å². The van der Waals surface area contributed by atoms with E-state index >= 15 is 0 Å². The standard InChI is InChI=1S/C20H27N3O2/c1-14(2)11-13-25-18-8-6-17(7-9-18)20(24)22-19-10-12-21-23(19)15(3)16-4-5-16/h6-10,12,14-16H,4-5,11,13H2,1-3H3,(H,22,24). The molecule has 0 aliphatic heterocycles. The summed E-state index contributed by atoms with van der Waals surface area (Å²) in [6, 6.07) is 9.46. The second kappa shape index (κ2) is 7.72. The predicted molar refractivity (Wildman–Crippen MR) is 99.0 cm³/mol. The van der Waals surface area contributed by atoms with Crippen LogP contribution >= 0.6 is 0 Å². The summed E-state index contributed by atoms with van der Waals surface area (Å²) < 4.78 is 7.61. The minimum atomic E-state index is -0.126. The topological polar surface area (TPSA) is 56.1 Å². The van der Waals surface area contributed by atoms with Crippen LogP contribution in [0.15, 0.2) is 36.5 Å². The van der Waals surface area contributed by atoms with Crippen LogP contribution in [0.4, 0.5) is 5.82 Å². The summed E-state index contributed by atoms with van der Waals surface area (Å²) in [6.45, 7) is 7.20. The first-order chi connectivity index (χ1) is 12.0. The molecule has 1 amide bonds. The Labute approximate surface area is 149 Å². The molecule has 5 nitrogen and oxygen atoms in total. The molecule has 1 unspecified atom stereocenters. The average Bonchev–Trinajstić information content (AvgIpc) is 3.34. The number of hydrogen-bond donors (Lipinski definition) is 1. The first-order valence-electron chi connectivity index (χ1n) is 9.12. The van der Waals surface area contributed by atoms with Crippen molar-refractivity contribution in [2.75, 3.05) is 11.9 Å². The van der Waals surface area contributed by atoms with Crippen LogP contribution in [0.25, 0.3) is 0 Å². The molecule has 1 saturated carbocycles. The lowest BCUT2D eigenvalue weighted by atomic mass is 10.1. The Morgan fingerprint density at radius 1 is 1.24 bits per heavy atom. The van der Waals surface area contributed by atoms with Crippen LogP contribution in [-0.2, 0) is 0 Å². The fourth-order valence-corrected chi connectivity index (χ4v) is 2.82. The molecule has 1 aromatic carbocycles. The molecule has 1 atom stereocenters. The van der Waals surface area contributed by atoms with Gasteiger partial charge < -0.3 is 10.1 Å². The lowest BCUT2D eigenvalue weighted by Gasteiger charge is -2.15. The molecule has 1 aliphatic carbocycles. The van der Waals surface area contributed by atoms with E-state index in [0.717, 1.165) is 18.0 Å². The van der Waals surface area contributed by atoms with Gasteiger partial charge in [0.25, 0.3) is 5.91 Å². The number of nitrogens with one attached hydrogen (secondary N) is 1. The maximum atomic E-state index is 12.5. The van der Waals surface area contributed by atoms with E-state index in [1.54, 1.807) is 18.3 Å². The number of carbonyl (C=O) groups is 1. The van der Waals surface area contributed by atoms with E-state index in [1.807, 2.05) is 22.9 Å². The van der Waals surface area contributed by atoms with Crippen LogP contribution in [0.3, 0.4) is 0 Å². The normalized spacial score (nSPS) is 15.2. The van der Waals surface area contributed by atoms with Gasteiger partial charge in [0.05, 0.1) is 18.8 Å². The Kier molecular flexibility index (Phi) is 5.41. The number of aromatic nitrogens is 2. The third-order valence-corrected chi connectivity index (χ3v) is 4.68. The Morgan fingerprint density at radius 3 is 2.60 bits per heavy atom. The second-order valence-corrected chi connectivity index (χ2v) is 7.25. The molecule has 0 radical (unpaired) electrons. The molecule has 3 rings (SSSR count). The van der Waals surface area contributed by atoms with Gasteiger partial charge in [-0.15, -0.1) is 0 Å². The van der Waals surface area contributed by atoms with Crippen LogP contribution < -0.4 is 10.1 Å². The van der Waals surface area contributed by atoms with E-state index in [2.05, 4.69) is 31.2 Å². The Balaban J connectivity index is 1.59. The van der Waals surface area contributed by atoms with Crippen molar-refractivity contribution < 1.29 is 9.53 Å². The van der Waals surface area contributed by atoms with Crippen molar-refractivity contribution in [2.24, 2.45) is 11.8 Å². The molecule has 0 spiro atoms. The van der Waals surface area contributed by atoms with Crippen LogP contribution in [0.5, 0.6) is 5.75 Å². The molecule has 134 valence electrons. The van der Waals surface area contributed by atoms with Gasteiger partial charge in [-0.1, -0.05) is 13.8 Å². The van der Waals surface area contributed by atoms with Crippen LogP contribution in [0.1, 0.15) is 56.4 Å². The van der Waals surface area contributed by atoms with Crippen molar-refractivity contribution in [2.45, 2.75) is 46.1 Å². The van der Waals surface area contributed by atoms with Gasteiger partial charge in [0, 0.05) is 11.6 Å². The van der Waals surface area contributed by atoms with Gasteiger partial charge >= 0.3 is 0 Å². The summed E-state index contributed by atoms with van der Waals surface area (Å²) in [5.74, 6) is 2.72. The van der Waals surface area contributed by atoms with Crippen molar-refractivity contribution >= 4 is 11.7 Å². The highest BCUT2D eigenvalue weighted by Gasteiger charge is 2.30. The van der Waals surface area contributed by atoms with E-state index in [9.17, 15) is 4.79 Å². The third kappa shape index (κ3) is 4.62. The van der Waals surface area contributed by atoms with Crippen LogP contribution in [0, 0.1) is 11.8 Å². The summed E-state index contributed by atoms with van der Waals surface area (Å²) in [6.07, 6.45) is 5.24. The lowest BCUT2D eigenvalue weighted by molar-refractivity contribution is 0.102. The monoisotopic (exact) mass is 341 g/mol. The highest BCUT2D eigenvalue weighted by Crippen LogP contribution is 2.40. The average molecular weight is 341 g/mol. The Morgan fingerprint density at radius 2 is 1.96 bits per heavy atom. The van der Waals surface area contributed by atoms with Gasteiger partial charge in [-0.2, -0.15) is 5.10 Å². The predicted octanol–water partition coefficient (Wildman–Crippen LogP) is 4.53. The fourth-order valence-electron chi connectivity index (χ4n) is 2.82. The number of nitrogens with zero attached hydrogens (tertiary/aromatic N) is 2. The zero-order valence-corrected chi connectivity index (χ0v) is 15.2. The maximum absolute atomic E-state index is 12.5. The van der Waals surface area contributed by atoms with Gasteiger partial charge in [-0.25, -0.2) is 4.68 Å². The van der Waals surface area contributed by atoms with Crippen LogP contribution in [-0.4, -0.2) is 22.3 Å².